The normalized spacial score (nSPS) is 12.5. The lowest BCUT2D eigenvalue weighted by atomic mass is 10.1. The van der Waals surface area contributed by atoms with Gasteiger partial charge in [0.1, 0.15) is 10.8 Å². The van der Waals surface area contributed by atoms with Crippen molar-refractivity contribution in [2.24, 2.45) is 0 Å². The van der Waals surface area contributed by atoms with Gasteiger partial charge in [-0.25, -0.2) is 0 Å². The summed E-state index contributed by atoms with van der Waals surface area (Å²) in [4.78, 5) is 12.3. The number of halogens is 3. The Labute approximate surface area is 184 Å². The van der Waals surface area contributed by atoms with Gasteiger partial charge in [0.05, 0.1) is 29.8 Å². The van der Waals surface area contributed by atoms with Crippen LogP contribution in [-0.2, 0) is 11.0 Å². The molecule has 0 fully saturated rings. The van der Waals surface area contributed by atoms with E-state index < -0.39 is 17.6 Å². The van der Waals surface area contributed by atoms with E-state index in [0.717, 1.165) is 35.5 Å². The van der Waals surface area contributed by atoms with E-state index in [0.29, 0.717) is 22.2 Å². The zero-order valence-electron chi connectivity index (χ0n) is 16.6. The zero-order chi connectivity index (χ0) is 22.7. The summed E-state index contributed by atoms with van der Waals surface area (Å²) < 4.78 is 54.5. The van der Waals surface area contributed by atoms with Gasteiger partial charge in [-0.05, 0) is 48.5 Å². The molecule has 2 heterocycles. The summed E-state index contributed by atoms with van der Waals surface area (Å²) in [5, 5.41) is 11.2. The van der Waals surface area contributed by atoms with Crippen LogP contribution in [0, 0.1) is 0 Å². The second kappa shape index (κ2) is 8.95. The van der Waals surface area contributed by atoms with Gasteiger partial charge in [-0.2, -0.15) is 13.2 Å². The first-order valence-corrected chi connectivity index (χ1v) is 10.2. The second-order valence-electron chi connectivity index (χ2n) is 6.57. The number of benzene rings is 2. The minimum Gasteiger partial charge on any atom is -0.495 e. The first-order chi connectivity index (χ1) is 15.3. The van der Waals surface area contributed by atoms with Crippen LogP contribution in [-0.4, -0.2) is 35.8 Å². The van der Waals surface area contributed by atoms with Crippen molar-refractivity contribution in [2.75, 3.05) is 25.0 Å². The predicted octanol–water partition coefficient (Wildman–Crippen LogP) is 4.63. The first kappa shape index (κ1) is 21.8. The molecule has 0 saturated carbocycles. The number of methoxy groups -OCH3 is 1. The first-order valence-electron chi connectivity index (χ1n) is 9.25. The lowest BCUT2D eigenvalue weighted by Gasteiger charge is -2.13. The van der Waals surface area contributed by atoms with Crippen molar-refractivity contribution < 1.29 is 32.2 Å². The molecule has 0 saturated heterocycles. The molecule has 166 valence electrons. The highest BCUT2D eigenvalue weighted by molar-refractivity contribution is 7.99. The highest BCUT2D eigenvalue weighted by Crippen LogP contribution is 2.36. The number of carbonyl (C=O) groups is 1. The van der Waals surface area contributed by atoms with Crippen molar-refractivity contribution in [3.63, 3.8) is 0 Å². The van der Waals surface area contributed by atoms with Crippen LogP contribution in [0.15, 0.2) is 53.6 Å². The largest absolute Gasteiger partial charge is 0.495 e. The minimum atomic E-state index is -4.53. The van der Waals surface area contributed by atoms with Crippen molar-refractivity contribution in [1.82, 2.24) is 10.2 Å². The number of aromatic nitrogens is 2. The van der Waals surface area contributed by atoms with E-state index in [2.05, 4.69) is 15.5 Å². The smallest absolute Gasteiger partial charge is 0.416 e. The van der Waals surface area contributed by atoms with Crippen molar-refractivity contribution in [1.29, 1.82) is 0 Å². The maximum Gasteiger partial charge on any atom is 0.416 e. The number of carbonyl (C=O) groups excluding carboxylic acids is 1. The highest BCUT2D eigenvalue weighted by Gasteiger charge is 2.31. The van der Waals surface area contributed by atoms with Crippen LogP contribution in [0.2, 0.25) is 0 Å². The van der Waals surface area contributed by atoms with Crippen LogP contribution < -0.4 is 19.5 Å². The molecule has 0 aliphatic carbocycles. The van der Waals surface area contributed by atoms with E-state index in [-0.39, 0.29) is 24.0 Å². The molecule has 0 bridgehead atoms. The number of hydrogen-bond acceptors (Lipinski definition) is 7. The maximum absolute atomic E-state index is 12.9. The number of thioether (sulfide) groups is 1. The molecule has 0 radical (unpaired) electrons. The molecule has 1 aromatic heterocycles. The van der Waals surface area contributed by atoms with Crippen LogP contribution in [0.4, 0.5) is 18.9 Å². The zero-order valence-corrected chi connectivity index (χ0v) is 17.4. The van der Waals surface area contributed by atoms with Crippen LogP contribution in [0.5, 0.6) is 17.2 Å². The Morgan fingerprint density at radius 2 is 1.91 bits per heavy atom. The van der Waals surface area contributed by atoms with Crippen molar-refractivity contribution in [3.8, 4) is 28.5 Å². The Balaban J connectivity index is 1.38. The number of ether oxygens (including phenoxy) is 3. The van der Waals surface area contributed by atoms with E-state index in [4.69, 9.17) is 14.2 Å². The number of alkyl halides is 3. The van der Waals surface area contributed by atoms with E-state index in [1.807, 2.05) is 6.07 Å². The minimum absolute atomic E-state index is 0.0582. The van der Waals surface area contributed by atoms with Gasteiger partial charge in [-0.3, -0.25) is 4.79 Å². The monoisotopic (exact) mass is 463 g/mol. The lowest BCUT2D eigenvalue weighted by molar-refractivity contribution is -0.137. The molecular formula is C21H16F3N3O4S. The fraction of sp³-hybridized carbons (Fsp3) is 0.190. The summed E-state index contributed by atoms with van der Waals surface area (Å²) in [6.45, 7) is 0.175. The molecule has 7 nitrogen and oxygen atoms in total. The van der Waals surface area contributed by atoms with Gasteiger partial charge in [0, 0.05) is 5.56 Å². The SMILES string of the molecule is COc1ccc(C(F)(F)F)cc1NC(=O)CSc1ccc(-c2ccc3c(c2)OCO3)nn1. The number of fused-ring (bicyclic) bond motifs is 1. The highest BCUT2D eigenvalue weighted by atomic mass is 32.2. The van der Waals surface area contributed by atoms with Crippen molar-refractivity contribution >= 4 is 23.4 Å². The number of nitrogens with zero attached hydrogens (tertiary/aromatic N) is 2. The number of nitrogens with one attached hydrogen (secondary N) is 1. The molecule has 3 aromatic rings. The summed E-state index contributed by atoms with van der Waals surface area (Å²) in [5.41, 5.74) is 0.474. The number of rotatable bonds is 6. The molecule has 1 amide bonds. The van der Waals surface area contributed by atoms with Gasteiger partial charge < -0.3 is 19.5 Å². The van der Waals surface area contributed by atoms with Crippen LogP contribution in [0.3, 0.4) is 0 Å². The number of hydrogen-bond donors (Lipinski definition) is 1. The third kappa shape index (κ3) is 4.88. The molecule has 0 atom stereocenters. The van der Waals surface area contributed by atoms with Crippen LogP contribution in [0.1, 0.15) is 5.56 Å². The Hall–Kier alpha value is -3.47. The lowest BCUT2D eigenvalue weighted by Crippen LogP contribution is -2.16. The molecule has 4 rings (SSSR count). The van der Waals surface area contributed by atoms with Crippen molar-refractivity contribution in [2.45, 2.75) is 11.2 Å². The van der Waals surface area contributed by atoms with E-state index in [1.54, 1.807) is 24.3 Å². The van der Waals surface area contributed by atoms with Gasteiger partial charge in [0.2, 0.25) is 12.7 Å². The Morgan fingerprint density at radius 1 is 1.09 bits per heavy atom. The average molecular weight is 463 g/mol. The van der Waals surface area contributed by atoms with Gasteiger partial charge in [0.25, 0.3) is 0 Å². The van der Waals surface area contributed by atoms with E-state index in [1.165, 1.54) is 7.11 Å². The Morgan fingerprint density at radius 3 is 2.62 bits per heavy atom. The van der Waals surface area contributed by atoms with E-state index in [9.17, 15) is 18.0 Å². The van der Waals surface area contributed by atoms with Gasteiger partial charge in [0.15, 0.2) is 11.5 Å². The molecule has 2 aromatic carbocycles. The van der Waals surface area contributed by atoms with Crippen LogP contribution >= 0.6 is 11.8 Å². The number of amides is 1. The van der Waals surface area contributed by atoms with Crippen molar-refractivity contribution in [3.05, 3.63) is 54.1 Å². The standard InChI is InChI=1S/C21H16F3N3O4S/c1-29-16-6-3-13(21(22,23)24)9-15(16)25-19(28)10-32-20-7-4-14(26-27-20)12-2-5-17-18(8-12)31-11-30-17/h2-9H,10-11H2,1H3,(H,25,28). The quantitative estimate of drug-likeness (QED) is 0.534. The Kier molecular flexibility index (Phi) is 6.08. The topological polar surface area (TPSA) is 82.6 Å². The maximum atomic E-state index is 12.9. The summed E-state index contributed by atoms with van der Waals surface area (Å²) in [5.74, 6) is 0.845. The van der Waals surface area contributed by atoms with Gasteiger partial charge >= 0.3 is 6.18 Å². The van der Waals surface area contributed by atoms with Gasteiger partial charge in [-0.1, -0.05) is 11.8 Å². The third-order valence-corrected chi connectivity index (χ3v) is 5.38. The molecule has 1 aliphatic rings. The predicted molar refractivity (Wildman–Crippen MR) is 111 cm³/mol. The molecule has 0 spiro atoms. The Bertz CT molecular complexity index is 1140. The van der Waals surface area contributed by atoms with Crippen LogP contribution in [0.25, 0.3) is 11.3 Å². The fourth-order valence-corrected chi connectivity index (χ4v) is 3.53. The molecule has 11 heteroatoms. The molecular weight excluding hydrogens is 447 g/mol. The second-order valence-corrected chi connectivity index (χ2v) is 7.57. The average Bonchev–Trinajstić information content (AvgIpc) is 3.25. The van der Waals surface area contributed by atoms with Gasteiger partial charge in [-0.15, -0.1) is 10.2 Å². The fourth-order valence-electron chi connectivity index (χ4n) is 2.91. The summed E-state index contributed by atoms with van der Waals surface area (Å²) in [6, 6.07) is 11.8. The number of anilines is 1. The molecule has 1 N–H and O–H groups in total. The summed E-state index contributed by atoms with van der Waals surface area (Å²) in [6.07, 6.45) is -4.53. The molecule has 1 aliphatic heterocycles. The summed E-state index contributed by atoms with van der Waals surface area (Å²) in [7, 11) is 1.31. The third-order valence-electron chi connectivity index (χ3n) is 4.46. The summed E-state index contributed by atoms with van der Waals surface area (Å²) >= 11 is 1.10. The van der Waals surface area contributed by atoms with E-state index >= 15 is 0 Å². The molecule has 32 heavy (non-hydrogen) atoms. The molecule has 0 unspecified atom stereocenters.